The lowest BCUT2D eigenvalue weighted by molar-refractivity contribution is -0.151. The van der Waals surface area contributed by atoms with Gasteiger partial charge in [-0.1, -0.05) is 30.3 Å². The van der Waals surface area contributed by atoms with Crippen molar-refractivity contribution < 1.29 is 19.1 Å². The molecule has 0 saturated heterocycles. The predicted molar refractivity (Wildman–Crippen MR) is 74.2 cm³/mol. The summed E-state index contributed by atoms with van der Waals surface area (Å²) in [5, 5.41) is 2.64. The van der Waals surface area contributed by atoms with E-state index >= 15 is 0 Å². The lowest BCUT2D eigenvalue weighted by Gasteiger charge is -2.24. The van der Waals surface area contributed by atoms with Crippen LogP contribution in [0.5, 0.6) is 0 Å². The van der Waals surface area contributed by atoms with E-state index in [1.807, 2.05) is 0 Å². The van der Waals surface area contributed by atoms with Crippen molar-refractivity contribution in [3.05, 3.63) is 35.9 Å². The molecule has 0 aliphatic carbocycles. The number of carbonyl (C=O) groups excluding carboxylic acids is 3. The van der Waals surface area contributed by atoms with Crippen LogP contribution in [-0.4, -0.2) is 29.3 Å². The number of Topliss-reactive ketones (excluding diaryl/α,β-unsaturated/α-hetero) is 1. The minimum Gasteiger partial charge on any atom is -0.444 e. The first-order chi connectivity index (χ1) is 9.20. The normalized spacial score (nSPS) is 12.4. The minimum atomic E-state index is -1.46. The quantitative estimate of drug-likeness (QED) is 0.516. The van der Waals surface area contributed by atoms with Crippen LogP contribution in [0.2, 0.25) is 0 Å². The molecule has 20 heavy (non-hydrogen) atoms. The molecule has 1 aromatic carbocycles. The smallest absolute Gasteiger partial charge is 0.303 e. The summed E-state index contributed by atoms with van der Waals surface area (Å²) in [7, 11) is 0. The van der Waals surface area contributed by atoms with Gasteiger partial charge in [-0.15, -0.1) is 0 Å². The average Bonchev–Trinajstić information content (AvgIpc) is 2.34. The van der Waals surface area contributed by atoms with Gasteiger partial charge in [-0.25, -0.2) is 0 Å². The second-order valence-electron chi connectivity index (χ2n) is 5.46. The monoisotopic (exact) mass is 277 g/mol. The van der Waals surface area contributed by atoms with Crippen LogP contribution < -0.4 is 5.32 Å². The lowest BCUT2D eigenvalue weighted by atomic mass is 10.0. The van der Waals surface area contributed by atoms with Crippen LogP contribution in [0.3, 0.4) is 0 Å². The maximum Gasteiger partial charge on any atom is 0.303 e. The van der Waals surface area contributed by atoms with Crippen LogP contribution >= 0.6 is 0 Å². The molecular weight excluding hydrogens is 258 g/mol. The van der Waals surface area contributed by atoms with Crippen molar-refractivity contribution in [1.82, 2.24) is 5.32 Å². The Bertz CT molecular complexity index is 502. The number of nitrogens with one attached hydrogen (secondary N) is 1. The Hall–Kier alpha value is -2.17. The molecule has 108 valence electrons. The molecule has 0 radical (unpaired) electrons. The largest absolute Gasteiger partial charge is 0.444 e. The molecule has 0 spiro atoms. The van der Waals surface area contributed by atoms with Gasteiger partial charge in [0.15, 0.2) is 0 Å². The Morgan fingerprint density at radius 1 is 1.10 bits per heavy atom. The molecule has 1 atom stereocenters. The molecule has 0 aliphatic rings. The predicted octanol–water partition coefficient (Wildman–Crippen LogP) is 1.72. The fourth-order valence-electron chi connectivity index (χ4n) is 1.58. The molecule has 0 aromatic heterocycles. The van der Waals surface area contributed by atoms with Gasteiger partial charge < -0.3 is 10.1 Å². The molecule has 5 nitrogen and oxygen atoms in total. The van der Waals surface area contributed by atoms with Crippen LogP contribution in [0.4, 0.5) is 0 Å². The molecule has 1 N–H and O–H groups in total. The Kier molecular flexibility index (Phi) is 5.02. The van der Waals surface area contributed by atoms with Crippen LogP contribution in [0.25, 0.3) is 0 Å². The summed E-state index contributed by atoms with van der Waals surface area (Å²) in [6.45, 7) is 6.50. The second-order valence-corrected chi connectivity index (χ2v) is 5.46. The van der Waals surface area contributed by atoms with Gasteiger partial charge in [-0.3, -0.25) is 14.4 Å². The average molecular weight is 277 g/mol. The van der Waals surface area contributed by atoms with Gasteiger partial charge in [0.05, 0.1) is 0 Å². The standard InChI is InChI=1S/C15H19NO4/c1-10(17)20-13(14(19)16-15(2,3)4)12(18)11-8-6-5-7-9-11/h5-9,13H,1-4H3,(H,16,19). The van der Waals surface area contributed by atoms with Gasteiger partial charge in [0.2, 0.25) is 11.9 Å². The van der Waals surface area contributed by atoms with Crippen molar-refractivity contribution in [3.8, 4) is 0 Å². The van der Waals surface area contributed by atoms with Gasteiger partial charge in [0, 0.05) is 18.0 Å². The highest BCUT2D eigenvalue weighted by molar-refractivity contribution is 6.13. The number of ether oxygens (including phenoxy) is 1. The molecule has 1 rings (SSSR count). The maximum absolute atomic E-state index is 12.3. The van der Waals surface area contributed by atoms with Gasteiger partial charge >= 0.3 is 5.97 Å². The Morgan fingerprint density at radius 2 is 1.65 bits per heavy atom. The molecule has 0 fully saturated rings. The second kappa shape index (κ2) is 6.32. The van der Waals surface area contributed by atoms with E-state index in [1.165, 1.54) is 0 Å². The van der Waals surface area contributed by atoms with E-state index in [2.05, 4.69) is 5.32 Å². The van der Waals surface area contributed by atoms with Crippen molar-refractivity contribution in [2.24, 2.45) is 0 Å². The summed E-state index contributed by atoms with van der Waals surface area (Å²) in [4.78, 5) is 35.5. The van der Waals surface area contributed by atoms with E-state index in [9.17, 15) is 14.4 Å². The SMILES string of the molecule is CC(=O)OC(C(=O)NC(C)(C)C)C(=O)c1ccccc1. The molecule has 0 heterocycles. The summed E-state index contributed by atoms with van der Waals surface area (Å²) in [5.74, 6) is -1.84. The van der Waals surface area contributed by atoms with Crippen molar-refractivity contribution in [2.45, 2.75) is 39.3 Å². The minimum absolute atomic E-state index is 0.322. The molecule has 1 unspecified atom stereocenters. The number of benzene rings is 1. The van der Waals surface area contributed by atoms with Crippen LogP contribution in [0, 0.1) is 0 Å². The first kappa shape index (κ1) is 15.9. The van der Waals surface area contributed by atoms with Crippen LogP contribution in [0.15, 0.2) is 30.3 Å². The molecule has 1 aromatic rings. The zero-order valence-electron chi connectivity index (χ0n) is 12.1. The number of amides is 1. The van der Waals surface area contributed by atoms with Crippen LogP contribution in [0.1, 0.15) is 38.1 Å². The molecule has 0 aliphatic heterocycles. The van der Waals surface area contributed by atoms with Gasteiger partial charge in [-0.2, -0.15) is 0 Å². The summed E-state index contributed by atoms with van der Waals surface area (Å²) in [6, 6.07) is 8.26. The Balaban J connectivity index is 2.98. The van der Waals surface area contributed by atoms with Gasteiger partial charge in [-0.05, 0) is 20.8 Å². The van der Waals surface area contributed by atoms with E-state index in [-0.39, 0.29) is 0 Å². The highest BCUT2D eigenvalue weighted by Gasteiger charge is 2.32. The first-order valence-corrected chi connectivity index (χ1v) is 6.29. The molecule has 1 amide bonds. The number of ketones is 1. The van der Waals surface area contributed by atoms with E-state index in [0.29, 0.717) is 5.56 Å². The zero-order chi connectivity index (χ0) is 15.3. The topological polar surface area (TPSA) is 72.5 Å². The third kappa shape index (κ3) is 4.84. The number of hydrogen-bond acceptors (Lipinski definition) is 4. The Labute approximate surface area is 118 Å². The summed E-state index contributed by atoms with van der Waals surface area (Å²) >= 11 is 0. The van der Waals surface area contributed by atoms with Gasteiger partial charge in [0.25, 0.3) is 5.91 Å². The van der Waals surface area contributed by atoms with E-state index in [1.54, 1.807) is 51.1 Å². The van der Waals surface area contributed by atoms with Crippen LogP contribution in [-0.2, 0) is 14.3 Å². The zero-order valence-corrected chi connectivity index (χ0v) is 12.1. The van der Waals surface area contributed by atoms with E-state index in [0.717, 1.165) is 6.92 Å². The number of hydrogen-bond donors (Lipinski definition) is 1. The highest BCUT2D eigenvalue weighted by Crippen LogP contribution is 2.09. The van der Waals surface area contributed by atoms with E-state index in [4.69, 9.17) is 4.74 Å². The number of esters is 1. The van der Waals surface area contributed by atoms with Gasteiger partial charge in [0.1, 0.15) is 0 Å². The highest BCUT2D eigenvalue weighted by atomic mass is 16.5. The fraction of sp³-hybridized carbons (Fsp3) is 0.400. The fourth-order valence-corrected chi connectivity index (χ4v) is 1.58. The third-order valence-corrected chi connectivity index (χ3v) is 2.32. The van der Waals surface area contributed by atoms with E-state index < -0.39 is 29.3 Å². The van der Waals surface area contributed by atoms with Crippen molar-refractivity contribution in [3.63, 3.8) is 0 Å². The molecule has 5 heteroatoms. The van der Waals surface area contributed by atoms with Crippen molar-refractivity contribution >= 4 is 17.7 Å². The number of rotatable bonds is 4. The lowest BCUT2D eigenvalue weighted by Crippen LogP contribution is -2.49. The molecule has 0 saturated carbocycles. The van der Waals surface area contributed by atoms with Crippen molar-refractivity contribution in [1.29, 1.82) is 0 Å². The summed E-state index contributed by atoms with van der Waals surface area (Å²) in [6.07, 6.45) is -1.46. The number of carbonyl (C=O) groups is 3. The molecular formula is C15H19NO4. The molecule has 0 bridgehead atoms. The maximum atomic E-state index is 12.3. The van der Waals surface area contributed by atoms with Crippen molar-refractivity contribution in [2.75, 3.05) is 0 Å². The summed E-state index contributed by atoms with van der Waals surface area (Å²) < 4.78 is 4.87. The summed E-state index contributed by atoms with van der Waals surface area (Å²) in [5.41, 5.74) is -0.199. The first-order valence-electron chi connectivity index (χ1n) is 6.29. The third-order valence-electron chi connectivity index (χ3n) is 2.32. The Morgan fingerprint density at radius 3 is 2.10 bits per heavy atom.